The maximum atomic E-state index is 12.2. The van der Waals surface area contributed by atoms with Crippen molar-refractivity contribution in [1.29, 1.82) is 0 Å². The monoisotopic (exact) mass is 479 g/mol. The Labute approximate surface area is 203 Å². The number of fused-ring (bicyclic) bond motifs is 2. The highest BCUT2D eigenvalue weighted by Gasteiger charge is 2.39. The molecule has 0 atom stereocenters. The number of carbonyl (C=O) groups excluding carboxylic acids is 1. The molecule has 176 valence electrons. The Morgan fingerprint density at radius 2 is 1.88 bits per heavy atom. The van der Waals surface area contributed by atoms with Crippen LogP contribution in [0, 0.1) is 0 Å². The number of halogens is 1. The summed E-state index contributed by atoms with van der Waals surface area (Å²) < 4.78 is 17.7. The molecule has 0 saturated heterocycles. The minimum absolute atomic E-state index is 0. The van der Waals surface area contributed by atoms with E-state index in [1.54, 1.807) is 26.4 Å². The van der Waals surface area contributed by atoms with Gasteiger partial charge in [0.25, 0.3) is 5.91 Å². The molecule has 3 aromatic carbocycles. The highest BCUT2D eigenvalue weighted by molar-refractivity contribution is 6.07. The Hall–Kier alpha value is -3.55. The molecule has 0 radical (unpaired) electrons. The molecule has 1 amide bonds. The SMILES string of the molecule is CNC(=O)c1cccc2cc(Oc3ccnc4cc(OCC5(N)CC5)c(OC)cc34)ccc12.Cl. The van der Waals surface area contributed by atoms with Crippen molar-refractivity contribution in [2.75, 3.05) is 20.8 Å². The molecule has 7 nitrogen and oxygen atoms in total. The minimum Gasteiger partial charge on any atom is -0.493 e. The number of nitrogens with one attached hydrogen (secondary N) is 1. The summed E-state index contributed by atoms with van der Waals surface area (Å²) in [5, 5.41) is 5.25. The van der Waals surface area contributed by atoms with Crippen LogP contribution in [0.4, 0.5) is 0 Å². The largest absolute Gasteiger partial charge is 0.493 e. The molecular weight excluding hydrogens is 454 g/mol. The molecule has 8 heteroatoms. The van der Waals surface area contributed by atoms with Gasteiger partial charge in [-0.2, -0.15) is 0 Å². The first-order chi connectivity index (χ1) is 16.0. The summed E-state index contributed by atoms with van der Waals surface area (Å²) in [6.07, 6.45) is 3.63. The summed E-state index contributed by atoms with van der Waals surface area (Å²) in [6.45, 7) is 0.445. The summed E-state index contributed by atoms with van der Waals surface area (Å²) in [7, 11) is 3.23. The lowest BCUT2D eigenvalue weighted by atomic mass is 10.0. The fourth-order valence-corrected chi connectivity index (χ4v) is 3.80. The second kappa shape index (κ2) is 9.37. The van der Waals surface area contributed by atoms with Gasteiger partial charge >= 0.3 is 0 Å². The van der Waals surface area contributed by atoms with Gasteiger partial charge in [0.05, 0.1) is 18.2 Å². The van der Waals surface area contributed by atoms with E-state index in [4.69, 9.17) is 19.9 Å². The Bertz CT molecular complexity index is 1370. The van der Waals surface area contributed by atoms with Crippen LogP contribution in [-0.4, -0.2) is 37.2 Å². The lowest BCUT2D eigenvalue weighted by Gasteiger charge is -2.16. The molecule has 1 aliphatic rings. The molecule has 0 unspecified atom stereocenters. The van der Waals surface area contributed by atoms with Crippen molar-refractivity contribution in [3.63, 3.8) is 0 Å². The summed E-state index contributed by atoms with van der Waals surface area (Å²) in [5.74, 6) is 2.38. The second-order valence-corrected chi connectivity index (χ2v) is 8.35. The number of hydrogen-bond donors (Lipinski definition) is 2. The predicted octanol–water partition coefficient (Wildman–Crippen LogP) is 4.84. The van der Waals surface area contributed by atoms with Crippen molar-refractivity contribution in [2.45, 2.75) is 18.4 Å². The molecule has 1 aromatic heterocycles. The van der Waals surface area contributed by atoms with Crippen LogP contribution in [0.15, 0.2) is 60.8 Å². The summed E-state index contributed by atoms with van der Waals surface area (Å²) in [6, 6.07) is 16.8. The number of benzene rings is 3. The normalized spacial score (nSPS) is 13.7. The first kappa shape index (κ1) is 23.6. The van der Waals surface area contributed by atoms with E-state index in [1.165, 1.54) is 0 Å². The van der Waals surface area contributed by atoms with E-state index in [2.05, 4.69) is 10.3 Å². The highest BCUT2D eigenvalue weighted by Crippen LogP contribution is 2.39. The fraction of sp³-hybridized carbons (Fsp3) is 0.231. The van der Waals surface area contributed by atoms with Gasteiger partial charge in [-0.25, -0.2) is 0 Å². The maximum absolute atomic E-state index is 12.2. The number of rotatable bonds is 7. The van der Waals surface area contributed by atoms with Crippen molar-refractivity contribution in [2.24, 2.45) is 5.73 Å². The van der Waals surface area contributed by atoms with E-state index in [0.29, 0.717) is 35.2 Å². The van der Waals surface area contributed by atoms with Gasteiger partial charge in [-0.3, -0.25) is 9.78 Å². The number of amides is 1. The van der Waals surface area contributed by atoms with Gasteiger partial charge in [0, 0.05) is 30.3 Å². The number of hydrogen-bond acceptors (Lipinski definition) is 6. The van der Waals surface area contributed by atoms with Crippen LogP contribution in [0.1, 0.15) is 23.2 Å². The third-order valence-electron chi connectivity index (χ3n) is 5.95. The third kappa shape index (κ3) is 4.58. The Kier molecular flexibility index (Phi) is 6.50. The van der Waals surface area contributed by atoms with Crippen molar-refractivity contribution in [3.05, 3.63) is 66.4 Å². The van der Waals surface area contributed by atoms with E-state index < -0.39 is 0 Å². The Morgan fingerprint density at radius 3 is 2.62 bits per heavy atom. The molecule has 0 aliphatic heterocycles. The lowest BCUT2D eigenvalue weighted by Crippen LogP contribution is -2.29. The second-order valence-electron chi connectivity index (χ2n) is 8.35. The van der Waals surface area contributed by atoms with Crippen molar-refractivity contribution in [3.8, 4) is 23.0 Å². The van der Waals surface area contributed by atoms with E-state index in [0.717, 1.165) is 34.5 Å². The fourth-order valence-electron chi connectivity index (χ4n) is 3.80. The number of aromatic nitrogens is 1. The average Bonchev–Trinajstić information content (AvgIpc) is 3.58. The van der Waals surface area contributed by atoms with Crippen LogP contribution < -0.4 is 25.3 Å². The molecule has 0 bridgehead atoms. The zero-order chi connectivity index (χ0) is 23.0. The molecule has 3 N–H and O–H groups in total. The van der Waals surface area contributed by atoms with Crippen molar-refractivity contribution < 1.29 is 19.0 Å². The van der Waals surface area contributed by atoms with Gasteiger partial charge in [0.2, 0.25) is 0 Å². The van der Waals surface area contributed by atoms with E-state index >= 15 is 0 Å². The number of methoxy groups -OCH3 is 1. The number of nitrogens with two attached hydrogens (primary N) is 1. The van der Waals surface area contributed by atoms with Gasteiger partial charge in [0.15, 0.2) is 11.5 Å². The topological polar surface area (TPSA) is 95.7 Å². The Morgan fingerprint density at radius 1 is 1.06 bits per heavy atom. The maximum Gasteiger partial charge on any atom is 0.251 e. The van der Waals surface area contributed by atoms with Crippen LogP contribution in [0.5, 0.6) is 23.0 Å². The molecule has 34 heavy (non-hydrogen) atoms. The first-order valence-corrected chi connectivity index (χ1v) is 10.8. The number of carbonyl (C=O) groups is 1. The minimum atomic E-state index is -0.230. The molecule has 1 fully saturated rings. The molecular formula is C26H26ClN3O4. The molecule has 4 aromatic rings. The van der Waals surface area contributed by atoms with Gasteiger partial charge in [-0.1, -0.05) is 12.1 Å². The van der Waals surface area contributed by atoms with E-state index in [1.807, 2.05) is 48.5 Å². The van der Waals surface area contributed by atoms with Crippen molar-refractivity contribution in [1.82, 2.24) is 10.3 Å². The number of pyridine rings is 1. The predicted molar refractivity (Wildman–Crippen MR) is 135 cm³/mol. The lowest BCUT2D eigenvalue weighted by molar-refractivity contribution is 0.0964. The molecule has 5 rings (SSSR count). The van der Waals surface area contributed by atoms with Gasteiger partial charge in [-0.05, 0) is 60.0 Å². The highest BCUT2D eigenvalue weighted by atomic mass is 35.5. The molecule has 0 spiro atoms. The molecule has 1 aliphatic carbocycles. The summed E-state index contributed by atoms with van der Waals surface area (Å²) >= 11 is 0. The zero-order valence-corrected chi connectivity index (χ0v) is 19.8. The summed E-state index contributed by atoms with van der Waals surface area (Å²) in [5.41, 5.74) is 7.28. The van der Waals surface area contributed by atoms with Crippen LogP contribution >= 0.6 is 12.4 Å². The number of nitrogens with zero attached hydrogens (tertiary/aromatic N) is 1. The molecule has 1 heterocycles. The molecule has 1 saturated carbocycles. The van der Waals surface area contributed by atoms with Gasteiger partial charge in [-0.15, -0.1) is 12.4 Å². The standard InChI is InChI=1S/C26H25N3O4.ClH/c1-28-25(30)19-5-3-4-16-12-17(6-7-18(16)19)33-22-8-11-29-21-14-24(23(31-2)13-20(21)22)32-15-26(27)9-10-26;/h3-8,11-14H,9-10,15,27H2,1-2H3,(H,28,30);1H. The number of ether oxygens (including phenoxy) is 3. The van der Waals surface area contributed by atoms with Crippen LogP contribution in [0.3, 0.4) is 0 Å². The average molecular weight is 480 g/mol. The zero-order valence-electron chi connectivity index (χ0n) is 19.0. The van der Waals surface area contributed by atoms with Gasteiger partial charge in [0.1, 0.15) is 18.1 Å². The summed E-state index contributed by atoms with van der Waals surface area (Å²) in [4.78, 5) is 16.6. The quantitative estimate of drug-likeness (QED) is 0.393. The Balaban J connectivity index is 0.00000274. The van der Waals surface area contributed by atoms with E-state index in [9.17, 15) is 4.79 Å². The van der Waals surface area contributed by atoms with Crippen LogP contribution in [-0.2, 0) is 0 Å². The van der Waals surface area contributed by atoms with Gasteiger partial charge < -0.3 is 25.3 Å². The van der Waals surface area contributed by atoms with Crippen LogP contribution in [0.25, 0.3) is 21.7 Å². The van der Waals surface area contributed by atoms with E-state index in [-0.39, 0.29) is 23.9 Å². The van der Waals surface area contributed by atoms with Crippen LogP contribution in [0.2, 0.25) is 0 Å². The van der Waals surface area contributed by atoms with Crippen molar-refractivity contribution >= 4 is 40.0 Å². The smallest absolute Gasteiger partial charge is 0.251 e. The third-order valence-corrected chi connectivity index (χ3v) is 5.95. The first-order valence-electron chi connectivity index (χ1n) is 10.8.